The molecule has 3 N–H and O–H groups in total. The summed E-state index contributed by atoms with van der Waals surface area (Å²) in [5.41, 5.74) is 0. The van der Waals surface area contributed by atoms with Gasteiger partial charge in [0.2, 0.25) is 0 Å². The molecule has 0 amide bonds. The summed E-state index contributed by atoms with van der Waals surface area (Å²) in [6.07, 6.45) is 36.0. The lowest BCUT2D eigenvalue weighted by Gasteiger charge is -2.20. The monoisotopic (exact) mass is 777 g/mol. The summed E-state index contributed by atoms with van der Waals surface area (Å²) < 4.78 is 32.7. The normalized spacial score (nSPS) is 14.0. The van der Waals surface area contributed by atoms with Crippen LogP contribution >= 0.6 is 7.82 Å². The molecule has 0 aromatic rings. The van der Waals surface area contributed by atoms with Crippen molar-refractivity contribution >= 4 is 19.8 Å². The van der Waals surface area contributed by atoms with Crippen molar-refractivity contribution in [2.75, 3.05) is 26.4 Å². The van der Waals surface area contributed by atoms with E-state index in [0.29, 0.717) is 12.8 Å². The maximum atomic E-state index is 12.6. The van der Waals surface area contributed by atoms with E-state index < -0.39 is 51.8 Å². The fourth-order valence-electron chi connectivity index (χ4n) is 6.05. The van der Waals surface area contributed by atoms with Crippen molar-refractivity contribution in [3.05, 3.63) is 12.2 Å². The minimum atomic E-state index is -4.61. The first-order valence-electron chi connectivity index (χ1n) is 21.6. The van der Waals surface area contributed by atoms with Crippen molar-refractivity contribution in [3.63, 3.8) is 0 Å². The van der Waals surface area contributed by atoms with E-state index in [1.807, 2.05) is 0 Å². The largest absolute Gasteiger partial charge is 0.472 e. The SMILES string of the molecule is CCCCCCCC/C=C\CCCCCCCC(=O)O[C@H](COC(=O)CCCCCCCCCCCCCCCCC)COP(=O)(O)OCC(O)CO. The Morgan fingerprint density at radius 2 is 0.925 bits per heavy atom. The van der Waals surface area contributed by atoms with E-state index in [0.717, 1.165) is 57.8 Å². The molecule has 0 aliphatic heterocycles. The molecule has 0 aliphatic carbocycles. The van der Waals surface area contributed by atoms with Gasteiger partial charge in [0.25, 0.3) is 0 Å². The van der Waals surface area contributed by atoms with Gasteiger partial charge in [-0.25, -0.2) is 4.57 Å². The molecular formula is C42H81O10P. The average molecular weight is 777 g/mol. The summed E-state index contributed by atoms with van der Waals surface area (Å²) in [5, 5.41) is 18.3. The van der Waals surface area contributed by atoms with Crippen LogP contribution in [0, 0.1) is 0 Å². The van der Waals surface area contributed by atoms with Crippen LogP contribution < -0.4 is 0 Å². The predicted octanol–water partition coefficient (Wildman–Crippen LogP) is 11.2. The fourth-order valence-corrected chi connectivity index (χ4v) is 6.84. The number of unbranched alkanes of at least 4 members (excludes halogenated alkanes) is 25. The summed E-state index contributed by atoms with van der Waals surface area (Å²) in [4.78, 5) is 34.9. The molecule has 0 rings (SSSR count). The molecular weight excluding hydrogens is 695 g/mol. The number of allylic oxidation sites excluding steroid dienone is 2. The number of ether oxygens (including phenoxy) is 2. The van der Waals surface area contributed by atoms with Gasteiger partial charge in [0, 0.05) is 12.8 Å². The topological polar surface area (TPSA) is 149 Å². The fraction of sp³-hybridized carbons (Fsp3) is 0.905. The van der Waals surface area contributed by atoms with Gasteiger partial charge in [0.05, 0.1) is 19.8 Å². The zero-order valence-corrected chi connectivity index (χ0v) is 34.9. The third-order valence-electron chi connectivity index (χ3n) is 9.42. The molecule has 0 aliphatic rings. The summed E-state index contributed by atoms with van der Waals surface area (Å²) in [6, 6.07) is 0. The minimum Gasteiger partial charge on any atom is -0.462 e. The van der Waals surface area contributed by atoms with Gasteiger partial charge in [-0.3, -0.25) is 18.6 Å². The van der Waals surface area contributed by atoms with E-state index >= 15 is 0 Å². The number of esters is 2. The van der Waals surface area contributed by atoms with Crippen LogP contribution in [0.15, 0.2) is 12.2 Å². The summed E-state index contributed by atoms with van der Waals surface area (Å²) in [6.45, 7) is 2.39. The van der Waals surface area contributed by atoms with E-state index in [2.05, 4.69) is 30.5 Å². The second kappa shape index (κ2) is 39.0. The Bertz CT molecular complexity index is 899. The molecule has 0 heterocycles. The first-order valence-corrected chi connectivity index (χ1v) is 23.1. The first-order chi connectivity index (χ1) is 25.7. The van der Waals surface area contributed by atoms with Crippen LogP contribution in [-0.4, -0.2) is 65.7 Å². The molecule has 0 radical (unpaired) electrons. The van der Waals surface area contributed by atoms with Crippen LogP contribution in [0.4, 0.5) is 0 Å². The number of aliphatic hydroxyl groups excluding tert-OH is 2. The Labute approximate surface area is 324 Å². The van der Waals surface area contributed by atoms with E-state index in [1.165, 1.54) is 109 Å². The Morgan fingerprint density at radius 1 is 0.547 bits per heavy atom. The van der Waals surface area contributed by atoms with Crippen molar-refractivity contribution in [1.82, 2.24) is 0 Å². The molecule has 0 saturated heterocycles. The summed E-state index contributed by atoms with van der Waals surface area (Å²) in [7, 11) is -4.61. The average Bonchev–Trinajstić information content (AvgIpc) is 3.14. The summed E-state index contributed by atoms with van der Waals surface area (Å²) >= 11 is 0. The Kier molecular flexibility index (Phi) is 38.0. The van der Waals surface area contributed by atoms with Crippen LogP contribution in [0.5, 0.6) is 0 Å². The Morgan fingerprint density at radius 3 is 1.36 bits per heavy atom. The number of aliphatic hydroxyl groups is 2. The van der Waals surface area contributed by atoms with Gasteiger partial charge in [-0.2, -0.15) is 0 Å². The van der Waals surface area contributed by atoms with E-state index in [4.69, 9.17) is 19.1 Å². The van der Waals surface area contributed by atoms with Gasteiger partial charge < -0.3 is 24.6 Å². The maximum absolute atomic E-state index is 12.6. The van der Waals surface area contributed by atoms with Crippen LogP contribution in [0.25, 0.3) is 0 Å². The highest BCUT2D eigenvalue weighted by Gasteiger charge is 2.27. The highest BCUT2D eigenvalue weighted by atomic mass is 31.2. The second-order valence-electron chi connectivity index (χ2n) is 14.7. The minimum absolute atomic E-state index is 0.178. The van der Waals surface area contributed by atoms with Gasteiger partial charge in [-0.05, 0) is 38.5 Å². The Balaban J connectivity index is 4.28. The maximum Gasteiger partial charge on any atom is 0.472 e. The quantitative estimate of drug-likeness (QED) is 0.0237. The van der Waals surface area contributed by atoms with Gasteiger partial charge in [0.15, 0.2) is 6.10 Å². The number of carbonyl (C=O) groups excluding carboxylic acids is 2. The molecule has 11 heteroatoms. The molecule has 0 fully saturated rings. The molecule has 0 spiro atoms. The standard InChI is InChI=1S/C42H81O10P/c1-3-5-7-9-11-13-15-17-19-21-23-25-27-29-31-33-41(45)49-37-40(38-51-53(47,48)50-36-39(44)35-43)52-42(46)34-32-30-28-26-24-22-20-18-16-14-12-10-8-6-4-2/h18,20,39-40,43-44H,3-17,19,21-38H2,1-2H3,(H,47,48)/b20-18-/t39?,40-/m1/s1. The van der Waals surface area contributed by atoms with Gasteiger partial charge in [-0.15, -0.1) is 0 Å². The number of hydrogen-bond donors (Lipinski definition) is 3. The zero-order valence-electron chi connectivity index (χ0n) is 34.0. The molecule has 0 saturated carbocycles. The van der Waals surface area contributed by atoms with Crippen molar-refractivity contribution in [3.8, 4) is 0 Å². The smallest absolute Gasteiger partial charge is 0.462 e. The molecule has 0 bridgehead atoms. The third kappa shape index (κ3) is 38.8. The van der Waals surface area contributed by atoms with Crippen molar-refractivity contribution < 1.29 is 47.8 Å². The van der Waals surface area contributed by atoms with E-state index in [-0.39, 0.29) is 19.4 Å². The lowest BCUT2D eigenvalue weighted by atomic mass is 10.0. The molecule has 10 nitrogen and oxygen atoms in total. The van der Waals surface area contributed by atoms with Gasteiger partial charge in [0.1, 0.15) is 12.7 Å². The lowest BCUT2D eigenvalue weighted by molar-refractivity contribution is -0.161. The molecule has 53 heavy (non-hydrogen) atoms. The number of phosphoric ester groups is 1. The highest BCUT2D eigenvalue weighted by Crippen LogP contribution is 2.43. The zero-order chi connectivity index (χ0) is 39.1. The molecule has 314 valence electrons. The van der Waals surface area contributed by atoms with Crippen molar-refractivity contribution in [2.24, 2.45) is 0 Å². The highest BCUT2D eigenvalue weighted by molar-refractivity contribution is 7.47. The number of rotatable bonds is 41. The van der Waals surface area contributed by atoms with Gasteiger partial charge in [-0.1, -0.05) is 167 Å². The van der Waals surface area contributed by atoms with Crippen LogP contribution in [0.3, 0.4) is 0 Å². The second-order valence-corrected chi connectivity index (χ2v) is 16.2. The van der Waals surface area contributed by atoms with Crippen LogP contribution in [-0.2, 0) is 32.7 Å². The third-order valence-corrected chi connectivity index (χ3v) is 10.4. The van der Waals surface area contributed by atoms with Crippen LogP contribution in [0.1, 0.15) is 206 Å². The molecule has 3 atom stereocenters. The van der Waals surface area contributed by atoms with E-state index in [9.17, 15) is 24.2 Å². The van der Waals surface area contributed by atoms with Gasteiger partial charge >= 0.3 is 19.8 Å². The number of hydrogen-bond acceptors (Lipinski definition) is 9. The number of phosphoric acid groups is 1. The molecule has 2 unspecified atom stereocenters. The van der Waals surface area contributed by atoms with Crippen molar-refractivity contribution in [2.45, 2.75) is 219 Å². The van der Waals surface area contributed by atoms with Crippen molar-refractivity contribution in [1.29, 1.82) is 0 Å². The molecule has 0 aromatic carbocycles. The van der Waals surface area contributed by atoms with Crippen LogP contribution in [0.2, 0.25) is 0 Å². The molecule has 0 aromatic heterocycles. The predicted molar refractivity (Wildman–Crippen MR) is 215 cm³/mol. The van der Waals surface area contributed by atoms with E-state index in [1.54, 1.807) is 0 Å². The Hall–Kier alpha value is -1.29. The summed E-state index contributed by atoms with van der Waals surface area (Å²) in [5.74, 6) is -0.924. The lowest BCUT2D eigenvalue weighted by Crippen LogP contribution is -2.29. The first kappa shape index (κ1) is 51.7. The number of carbonyl (C=O) groups is 2.